The topological polar surface area (TPSA) is 123 Å². The van der Waals surface area contributed by atoms with Gasteiger partial charge >= 0.3 is 45.5 Å². The standard InChI is InChI=1S/H3N.H3O4P.Sr/c;1-5(2,3)4;/h1H3;(H3,1,2,3,4);/q;;+2/p-2. The molecule has 0 aliphatic rings. The monoisotopic (exact) mass is 201 g/mol. The summed E-state index contributed by atoms with van der Waals surface area (Å²) in [6.07, 6.45) is 0. The molecule has 40 valence electrons. The van der Waals surface area contributed by atoms with Gasteiger partial charge in [0.05, 0.1) is 0 Å². The smallest absolute Gasteiger partial charge is 0.822 e. The third kappa shape index (κ3) is 96.8. The van der Waals surface area contributed by atoms with E-state index in [0.29, 0.717) is 0 Å². The van der Waals surface area contributed by atoms with Crippen LogP contribution in [-0.4, -0.2) is 45.5 Å². The van der Waals surface area contributed by atoms with E-state index in [1.165, 1.54) is 0 Å². The van der Waals surface area contributed by atoms with E-state index in [-0.39, 0.29) is 51.6 Å². The molecule has 7 heavy (non-hydrogen) atoms. The molecule has 0 saturated carbocycles. The van der Waals surface area contributed by atoms with E-state index in [4.69, 9.17) is 19.2 Å². The summed E-state index contributed by atoms with van der Waals surface area (Å²) in [4.78, 5) is 25.6. The molecule has 0 amide bonds. The fourth-order valence-electron chi connectivity index (χ4n) is 0. The van der Waals surface area contributed by atoms with E-state index in [0.717, 1.165) is 0 Å². The van der Waals surface area contributed by atoms with Crippen LogP contribution < -0.4 is 20.8 Å². The van der Waals surface area contributed by atoms with Gasteiger partial charge < -0.3 is 25.4 Å². The minimum absolute atomic E-state index is 0. The maximum atomic E-state index is 8.55. The van der Waals surface area contributed by atoms with Crippen molar-refractivity contribution in [3.63, 3.8) is 0 Å². The maximum Gasteiger partial charge on any atom is 2.00 e. The van der Waals surface area contributed by atoms with Crippen molar-refractivity contribution in [1.29, 1.82) is 0 Å². The Morgan fingerprint density at radius 1 is 1.14 bits per heavy atom. The van der Waals surface area contributed by atoms with Crippen LogP contribution in [0.3, 0.4) is 0 Å². The Kier molecular flexibility index (Phi) is 12.8. The van der Waals surface area contributed by atoms with Gasteiger partial charge in [-0.15, -0.1) is 0 Å². The average Bonchev–Trinajstić information content (AvgIpc) is 0.722. The van der Waals surface area contributed by atoms with Gasteiger partial charge in [0.2, 0.25) is 0 Å². The summed E-state index contributed by atoms with van der Waals surface area (Å²) in [5, 5.41) is 0. The molecular formula is H4NO4PSr. The molecule has 0 aliphatic carbocycles. The zero-order valence-electron chi connectivity index (χ0n) is 3.79. The van der Waals surface area contributed by atoms with Gasteiger partial charge in [0, 0.05) is 0 Å². The summed E-state index contributed by atoms with van der Waals surface area (Å²) >= 11 is 0. The van der Waals surface area contributed by atoms with Gasteiger partial charge in [-0.2, -0.15) is 7.82 Å². The molecule has 4 N–H and O–H groups in total. The van der Waals surface area contributed by atoms with Gasteiger partial charge in [-0.3, -0.25) is 0 Å². The Hall–Kier alpha value is 1.55. The number of phosphoric acid groups is 1. The molecule has 0 radical (unpaired) electrons. The van der Waals surface area contributed by atoms with E-state index in [1.54, 1.807) is 0 Å². The first-order chi connectivity index (χ1) is 2.00. The van der Waals surface area contributed by atoms with Gasteiger partial charge in [-0.25, -0.2) is 0 Å². The van der Waals surface area contributed by atoms with Crippen molar-refractivity contribution in [3.8, 4) is 0 Å². The van der Waals surface area contributed by atoms with Crippen LogP contribution in [0.4, 0.5) is 0 Å². The summed E-state index contributed by atoms with van der Waals surface area (Å²) in [6.45, 7) is 0. The van der Waals surface area contributed by atoms with Gasteiger partial charge in [0.1, 0.15) is 0 Å². The van der Waals surface area contributed by atoms with Crippen molar-refractivity contribution < 1.29 is 19.2 Å². The second-order valence-corrected chi connectivity index (χ2v) is 1.34. The molecule has 0 bridgehead atoms. The minimum atomic E-state index is -5.39. The third-order valence-corrected chi connectivity index (χ3v) is 0. The Morgan fingerprint density at radius 3 is 1.14 bits per heavy atom. The van der Waals surface area contributed by atoms with Gasteiger partial charge in [0.25, 0.3) is 0 Å². The number of hydrogen-bond donors (Lipinski definition) is 1. The van der Waals surface area contributed by atoms with Gasteiger partial charge in [0.15, 0.2) is 0 Å². The number of hydrogen-bond acceptors (Lipinski definition) is 4. The summed E-state index contributed by atoms with van der Waals surface area (Å²) in [5.74, 6) is 0. The zero-order chi connectivity index (χ0) is 4.50. The second kappa shape index (κ2) is 5.68. The summed E-state index contributed by atoms with van der Waals surface area (Å²) < 4.78 is 8.55. The molecular weight excluding hydrogens is 197 g/mol. The molecule has 0 atom stereocenters. The van der Waals surface area contributed by atoms with Gasteiger partial charge in [-0.1, -0.05) is 0 Å². The van der Waals surface area contributed by atoms with Crippen LogP contribution in [0.5, 0.6) is 0 Å². The Labute approximate surface area is 77.8 Å². The van der Waals surface area contributed by atoms with Crippen LogP contribution in [0.15, 0.2) is 0 Å². The summed E-state index contributed by atoms with van der Waals surface area (Å²) in [6, 6.07) is 0. The normalized spacial score (nSPS) is 8.43. The predicted molar refractivity (Wildman–Crippen MR) is 19.3 cm³/mol. The zero-order valence-corrected chi connectivity index (χ0v) is 8.16. The molecule has 0 rings (SSSR count). The number of rotatable bonds is 0. The van der Waals surface area contributed by atoms with E-state index in [1.807, 2.05) is 0 Å². The molecule has 0 heterocycles. The predicted octanol–water partition coefficient (Wildman–Crippen LogP) is -2.83. The SMILES string of the molecule is O=P([O-])([O-])[O-].[NH4+].[Sr+2]. The van der Waals surface area contributed by atoms with Crippen molar-refractivity contribution in [2.45, 2.75) is 0 Å². The molecule has 0 spiro atoms. The Bertz CT molecular complexity index is 57.8. The molecule has 5 nitrogen and oxygen atoms in total. The molecule has 7 heteroatoms. The first-order valence-electron chi connectivity index (χ1n) is 0.730. The molecule has 0 aromatic heterocycles. The first kappa shape index (κ1) is 15.8. The van der Waals surface area contributed by atoms with Crippen LogP contribution in [0.25, 0.3) is 0 Å². The largest absolute Gasteiger partial charge is 2.00 e. The van der Waals surface area contributed by atoms with Crippen LogP contribution in [0.1, 0.15) is 0 Å². The van der Waals surface area contributed by atoms with Crippen LogP contribution in [-0.2, 0) is 4.57 Å². The maximum absolute atomic E-state index is 8.55. The second-order valence-electron chi connectivity index (χ2n) is 0.447. The van der Waals surface area contributed by atoms with Crippen LogP contribution >= 0.6 is 7.82 Å². The fraction of sp³-hybridized carbons (Fsp3) is 0. The van der Waals surface area contributed by atoms with Crippen molar-refractivity contribution in [2.75, 3.05) is 0 Å². The molecule has 0 aliphatic heterocycles. The quantitative estimate of drug-likeness (QED) is 0.334. The third-order valence-electron chi connectivity index (χ3n) is 0. The van der Waals surface area contributed by atoms with E-state index < -0.39 is 7.82 Å². The van der Waals surface area contributed by atoms with E-state index in [2.05, 4.69) is 0 Å². The summed E-state index contributed by atoms with van der Waals surface area (Å²) in [5.41, 5.74) is 0. The van der Waals surface area contributed by atoms with Crippen molar-refractivity contribution in [2.24, 2.45) is 0 Å². The van der Waals surface area contributed by atoms with E-state index >= 15 is 0 Å². The van der Waals surface area contributed by atoms with E-state index in [9.17, 15) is 0 Å². The fourth-order valence-corrected chi connectivity index (χ4v) is 0. The van der Waals surface area contributed by atoms with Gasteiger partial charge in [-0.05, 0) is 0 Å². The Balaban J connectivity index is -0.0000000800. The molecule has 0 saturated heterocycles. The molecule has 0 aromatic rings. The average molecular weight is 201 g/mol. The van der Waals surface area contributed by atoms with Crippen LogP contribution in [0.2, 0.25) is 0 Å². The Morgan fingerprint density at radius 2 is 1.14 bits per heavy atom. The minimum Gasteiger partial charge on any atom is -0.822 e. The molecule has 0 aromatic carbocycles. The first-order valence-corrected chi connectivity index (χ1v) is 2.19. The molecule has 0 fully saturated rings. The number of quaternary nitrogens is 1. The summed E-state index contributed by atoms with van der Waals surface area (Å²) in [7, 11) is -5.39. The van der Waals surface area contributed by atoms with Crippen molar-refractivity contribution in [3.05, 3.63) is 0 Å². The van der Waals surface area contributed by atoms with Crippen LogP contribution in [0, 0.1) is 0 Å². The van der Waals surface area contributed by atoms with Crippen molar-refractivity contribution in [1.82, 2.24) is 6.15 Å². The van der Waals surface area contributed by atoms with Crippen molar-refractivity contribution >= 4 is 53.3 Å². The molecule has 0 unspecified atom stereocenters.